The SMILES string of the molecule is C[C@H]1c2ccccc2O[C@@H]1C(=O)OCCOc1ccccc1C(N)=O. The molecule has 0 unspecified atom stereocenters. The zero-order valence-corrected chi connectivity index (χ0v) is 13.8. The van der Waals surface area contributed by atoms with Crippen LogP contribution in [0, 0.1) is 0 Å². The average Bonchev–Trinajstić information content (AvgIpc) is 2.96. The first-order chi connectivity index (χ1) is 12.1. The normalized spacial score (nSPS) is 18.1. The number of fused-ring (bicyclic) bond motifs is 1. The van der Waals surface area contributed by atoms with E-state index >= 15 is 0 Å². The molecule has 2 aromatic rings. The minimum Gasteiger partial charge on any atom is -0.489 e. The number of benzene rings is 2. The van der Waals surface area contributed by atoms with E-state index in [1.54, 1.807) is 24.3 Å². The molecule has 25 heavy (non-hydrogen) atoms. The van der Waals surface area contributed by atoms with E-state index in [2.05, 4.69) is 0 Å². The van der Waals surface area contributed by atoms with Crippen molar-refractivity contribution in [1.82, 2.24) is 0 Å². The van der Waals surface area contributed by atoms with Crippen molar-refractivity contribution in [3.8, 4) is 11.5 Å². The fraction of sp³-hybridized carbons (Fsp3) is 0.263. The van der Waals surface area contributed by atoms with E-state index in [-0.39, 0.29) is 24.7 Å². The van der Waals surface area contributed by atoms with E-state index in [0.29, 0.717) is 11.5 Å². The fourth-order valence-electron chi connectivity index (χ4n) is 2.79. The van der Waals surface area contributed by atoms with Crippen LogP contribution in [0.2, 0.25) is 0 Å². The van der Waals surface area contributed by atoms with Crippen molar-refractivity contribution in [3.63, 3.8) is 0 Å². The predicted molar refractivity (Wildman–Crippen MR) is 90.7 cm³/mol. The van der Waals surface area contributed by atoms with E-state index in [0.717, 1.165) is 5.56 Å². The molecule has 0 aliphatic carbocycles. The van der Waals surface area contributed by atoms with Crippen LogP contribution in [0.5, 0.6) is 11.5 Å². The van der Waals surface area contributed by atoms with Gasteiger partial charge in [-0.1, -0.05) is 37.3 Å². The van der Waals surface area contributed by atoms with Gasteiger partial charge < -0.3 is 19.9 Å². The Morgan fingerprint density at radius 3 is 2.56 bits per heavy atom. The van der Waals surface area contributed by atoms with Crippen molar-refractivity contribution < 1.29 is 23.8 Å². The van der Waals surface area contributed by atoms with Gasteiger partial charge in [0.15, 0.2) is 0 Å². The maximum Gasteiger partial charge on any atom is 0.348 e. The van der Waals surface area contributed by atoms with Crippen molar-refractivity contribution in [2.45, 2.75) is 18.9 Å². The average molecular weight is 341 g/mol. The van der Waals surface area contributed by atoms with Gasteiger partial charge in [-0.05, 0) is 18.2 Å². The standard InChI is InChI=1S/C19H19NO5/c1-12-13-6-2-5-9-16(13)25-17(12)19(22)24-11-10-23-15-8-4-3-7-14(15)18(20)21/h2-9,12,17H,10-11H2,1H3,(H2,20,21)/t12-,17-/m0/s1. The molecular weight excluding hydrogens is 322 g/mol. The van der Waals surface area contributed by atoms with Crippen LogP contribution in [0.4, 0.5) is 0 Å². The number of ether oxygens (including phenoxy) is 3. The van der Waals surface area contributed by atoms with E-state index in [4.69, 9.17) is 19.9 Å². The minimum absolute atomic E-state index is 0.0505. The Kier molecular flexibility index (Phi) is 4.88. The van der Waals surface area contributed by atoms with Crippen LogP contribution in [-0.2, 0) is 9.53 Å². The van der Waals surface area contributed by atoms with Gasteiger partial charge in [0.2, 0.25) is 6.10 Å². The van der Waals surface area contributed by atoms with Crippen molar-refractivity contribution in [2.75, 3.05) is 13.2 Å². The molecule has 2 N–H and O–H groups in total. The number of carbonyl (C=O) groups excluding carboxylic acids is 2. The molecule has 3 rings (SSSR count). The molecule has 0 bridgehead atoms. The van der Waals surface area contributed by atoms with E-state index in [1.165, 1.54) is 0 Å². The highest BCUT2D eigenvalue weighted by atomic mass is 16.6. The molecule has 0 aromatic heterocycles. The molecular formula is C19H19NO5. The second-order valence-electron chi connectivity index (χ2n) is 5.74. The van der Waals surface area contributed by atoms with Crippen molar-refractivity contribution in [1.29, 1.82) is 0 Å². The molecule has 1 aliphatic heterocycles. The van der Waals surface area contributed by atoms with Gasteiger partial charge in [0.05, 0.1) is 5.56 Å². The molecule has 1 heterocycles. The smallest absolute Gasteiger partial charge is 0.348 e. The van der Waals surface area contributed by atoms with Gasteiger partial charge in [0, 0.05) is 11.5 Å². The summed E-state index contributed by atoms with van der Waals surface area (Å²) in [6.07, 6.45) is -0.657. The van der Waals surface area contributed by atoms with E-state index in [1.807, 2.05) is 31.2 Å². The predicted octanol–water partition coefficient (Wildman–Crippen LogP) is 2.27. The Bertz CT molecular complexity index is 789. The lowest BCUT2D eigenvalue weighted by Crippen LogP contribution is -2.31. The Hall–Kier alpha value is -3.02. The van der Waals surface area contributed by atoms with Crippen LogP contribution in [-0.4, -0.2) is 31.2 Å². The van der Waals surface area contributed by atoms with E-state index < -0.39 is 18.0 Å². The number of esters is 1. The number of rotatable bonds is 6. The summed E-state index contributed by atoms with van der Waals surface area (Å²) >= 11 is 0. The lowest BCUT2D eigenvalue weighted by atomic mass is 9.98. The second-order valence-corrected chi connectivity index (χ2v) is 5.74. The molecule has 6 heteroatoms. The largest absolute Gasteiger partial charge is 0.489 e. The summed E-state index contributed by atoms with van der Waals surface area (Å²) in [4.78, 5) is 23.6. The zero-order valence-electron chi connectivity index (χ0n) is 13.8. The Morgan fingerprint density at radius 1 is 1.08 bits per heavy atom. The fourth-order valence-corrected chi connectivity index (χ4v) is 2.79. The first-order valence-corrected chi connectivity index (χ1v) is 8.02. The third-order valence-corrected chi connectivity index (χ3v) is 4.09. The first-order valence-electron chi connectivity index (χ1n) is 8.02. The summed E-state index contributed by atoms with van der Waals surface area (Å²) in [7, 11) is 0. The van der Waals surface area contributed by atoms with Crippen LogP contribution in [0.25, 0.3) is 0 Å². The number of carbonyl (C=O) groups is 2. The molecule has 0 fully saturated rings. The van der Waals surface area contributed by atoms with Gasteiger partial charge in [0.25, 0.3) is 5.91 Å². The maximum absolute atomic E-state index is 12.2. The monoisotopic (exact) mass is 341 g/mol. The van der Waals surface area contributed by atoms with Gasteiger partial charge in [-0.3, -0.25) is 4.79 Å². The first kappa shape index (κ1) is 16.8. The highest BCUT2D eigenvalue weighted by Gasteiger charge is 2.37. The van der Waals surface area contributed by atoms with Crippen molar-refractivity contribution >= 4 is 11.9 Å². The Labute approximate surface area is 145 Å². The molecule has 130 valence electrons. The highest BCUT2D eigenvalue weighted by Crippen LogP contribution is 2.37. The Balaban J connectivity index is 1.51. The summed E-state index contributed by atoms with van der Waals surface area (Å²) in [5.74, 6) is 0.00163. The summed E-state index contributed by atoms with van der Waals surface area (Å²) in [6.45, 7) is 2.09. The third kappa shape index (κ3) is 3.57. The molecule has 0 saturated heterocycles. The van der Waals surface area contributed by atoms with Gasteiger partial charge in [-0.2, -0.15) is 0 Å². The minimum atomic E-state index is -0.657. The lowest BCUT2D eigenvalue weighted by Gasteiger charge is -2.15. The quantitative estimate of drug-likeness (QED) is 0.643. The maximum atomic E-state index is 12.2. The molecule has 1 amide bonds. The molecule has 0 spiro atoms. The molecule has 0 radical (unpaired) electrons. The van der Waals surface area contributed by atoms with Crippen molar-refractivity contribution in [3.05, 3.63) is 59.7 Å². The number of para-hydroxylation sites is 2. The highest BCUT2D eigenvalue weighted by molar-refractivity contribution is 5.95. The summed E-state index contributed by atoms with van der Waals surface area (Å²) in [5.41, 5.74) is 6.57. The summed E-state index contributed by atoms with van der Waals surface area (Å²) in [6, 6.07) is 14.2. The number of amides is 1. The number of hydrogen-bond donors (Lipinski definition) is 1. The topological polar surface area (TPSA) is 87.8 Å². The van der Waals surface area contributed by atoms with Crippen LogP contribution < -0.4 is 15.2 Å². The molecule has 2 atom stereocenters. The van der Waals surface area contributed by atoms with Crippen LogP contribution >= 0.6 is 0 Å². The van der Waals surface area contributed by atoms with Gasteiger partial charge >= 0.3 is 5.97 Å². The second kappa shape index (κ2) is 7.25. The van der Waals surface area contributed by atoms with Crippen LogP contribution in [0.1, 0.15) is 28.8 Å². The third-order valence-electron chi connectivity index (χ3n) is 4.09. The molecule has 6 nitrogen and oxygen atoms in total. The lowest BCUT2D eigenvalue weighted by molar-refractivity contribution is -0.152. The number of hydrogen-bond acceptors (Lipinski definition) is 5. The van der Waals surface area contributed by atoms with Crippen LogP contribution in [0.15, 0.2) is 48.5 Å². The van der Waals surface area contributed by atoms with Gasteiger partial charge in [-0.25, -0.2) is 4.79 Å². The number of primary amides is 1. The molecule has 1 aliphatic rings. The van der Waals surface area contributed by atoms with E-state index in [9.17, 15) is 9.59 Å². The zero-order chi connectivity index (χ0) is 17.8. The van der Waals surface area contributed by atoms with Gasteiger partial charge in [-0.15, -0.1) is 0 Å². The van der Waals surface area contributed by atoms with Crippen LogP contribution in [0.3, 0.4) is 0 Å². The Morgan fingerprint density at radius 2 is 1.80 bits per heavy atom. The summed E-state index contributed by atoms with van der Waals surface area (Å²) in [5, 5.41) is 0. The number of nitrogens with two attached hydrogens (primary N) is 1. The molecule has 2 aromatic carbocycles. The summed E-state index contributed by atoms with van der Waals surface area (Å²) < 4.78 is 16.4. The molecule has 0 saturated carbocycles. The van der Waals surface area contributed by atoms with Gasteiger partial charge in [0.1, 0.15) is 24.7 Å². The van der Waals surface area contributed by atoms with Crippen molar-refractivity contribution in [2.24, 2.45) is 5.73 Å².